The highest BCUT2D eigenvalue weighted by atomic mass is 32.2. The van der Waals surface area contributed by atoms with Gasteiger partial charge in [-0.3, -0.25) is 9.69 Å². The summed E-state index contributed by atoms with van der Waals surface area (Å²) >= 11 is 0. The van der Waals surface area contributed by atoms with Gasteiger partial charge in [-0.05, 0) is 38.8 Å². The molecule has 1 unspecified atom stereocenters. The van der Waals surface area contributed by atoms with Crippen LogP contribution in [0.15, 0.2) is 0 Å². The highest BCUT2D eigenvalue weighted by Gasteiger charge is 2.49. The summed E-state index contributed by atoms with van der Waals surface area (Å²) < 4.78 is 25.6. The first-order chi connectivity index (χ1) is 8.92. The third kappa shape index (κ3) is 2.23. The molecular weight excluding hydrogens is 264 g/mol. The highest BCUT2D eigenvalue weighted by Crippen LogP contribution is 2.40. The van der Waals surface area contributed by atoms with Crippen molar-refractivity contribution in [2.75, 3.05) is 31.9 Å². The van der Waals surface area contributed by atoms with Gasteiger partial charge in [0.05, 0.1) is 11.8 Å². The predicted molar refractivity (Wildman–Crippen MR) is 72.3 cm³/mol. The lowest BCUT2D eigenvalue weighted by atomic mass is 9.69. The van der Waals surface area contributed by atoms with Crippen molar-refractivity contribution in [1.82, 2.24) is 9.21 Å². The number of carbonyl (C=O) groups is 1. The van der Waals surface area contributed by atoms with Crippen molar-refractivity contribution < 1.29 is 13.2 Å². The van der Waals surface area contributed by atoms with Crippen molar-refractivity contribution in [3.63, 3.8) is 0 Å². The van der Waals surface area contributed by atoms with E-state index in [2.05, 4.69) is 4.90 Å². The quantitative estimate of drug-likeness (QED) is 0.740. The van der Waals surface area contributed by atoms with E-state index in [-0.39, 0.29) is 23.0 Å². The lowest BCUT2D eigenvalue weighted by molar-refractivity contribution is -0.146. The van der Waals surface area contributed by atoms with Crippen LogP contribution in [0.3, 0.4) is 0 Å². The average Bonchev–Trinajstić information content (AvgIpc) is 2.36. The number of ketones is 1. The molecular formula is C13H22N2O3S. The van der Waals surface area contributed by atoms with Crippen LogP contribution in [0.1, 0.15) is 32.6 Å². The number of piperidine rings is 3. The number of sulfonamides is 1. The molecule has 4 saturated heterocycles. The molecule has 0 aliphatic carbocycles. The van der Waals surface area contributed by atoms with Crippen molar-refractivity contribution >= 4 is 15.8 Å². The van der Waals surface area contributed by atoms with E-state index < -0.39 is 10.0 Å². The Labute approximate surface area is 115 Å². The third-order valence-corrected chi connectivity index (χ3v) is 6.99. The highest BCUT2D eigenvalue weighted by molar-refractivity contribution is 7.89. The number of hydrogen-bond acceptors (Lipinski definition) is 4. The topological polar surface area (TPSA) is 57.7 Å². The van der Waals surface area contributed by atoms with Gasteiger partial charge in [0, 0.05) is 18.5 Å². The Balaban J connectivity index is 1.78. The number of rotatable bonds is 2. The fourth-order valence-corrected chi connectivity index (χ4v) is 5.18. The molecule has 0 aromatic heterocycles. The molecule has 4 heterocycles. The van der Waals surface area contributed by atoms with Gasteiger partial charge < -0.3 is 0 Å². The molecule has 0 radical (unpaired) electrons. The van der Waals surface area contributed by atoms with Crippen LogP contribution in [0.5, 0.6) is 0 Å². The monoisotopic (exact) mass is 286 g/mol. The fourth-order valence-electron chi connectivity index (χ4n) is 3.58. The number of hydrogen-bond donors (Lipinski definition) is 0. The van der Waals surface area contributed by atoms with Crippen LogP contribution in [-0.4, -0.2) is 61.4 Å². The van der Waals surface area contributed by atoms with Crippen molar-refractivity contribution in [2.24, 2.45) is 5.41 Å². The lowest BCUT2D eigenvalue weighted by Gasteiger charge is -2.50. The molecule has 1 atom stereocenters. The van der Waals surface area contributed by atoms with Crippen LogP contribution in [0.25, 0.3) is 0 Å². The maximum Gasteiger partial charge on any atom is 0.214 e. The zero-order valence-corrected chi connectivity index (χ0v) is 12.3. The van der Waals surface area contributed by atoms with Gasteiger partial charge in [0.25, 0.3) is 0 Å². The summed E-state index contributed by atoms with van der Waals surface area (Å²) in [6.07, 6.45) is 3.51. The molecule has 0 N–H and O–H groups in total. The molecule has 19 heavy (non-hydrogen) atoms. The number of carbonyl (C=O) groups excluding carboxylic acids is 1. The van der Waals surface area contributed by atoms with Crippen LogP contribution < -0.4 is 0 Å². The Hall–Kier alpha value is -0.460. The Kier molecular flexibility index (Phi) is 3.22. The van der Waals surface area contributed by atoms with Gasteiger partial charge in [-0.1, -0.05) is 6.92 Å². The minimum Gasteiger partial charge on any atom is -0.297 e. The SMILES string of the molecule is CC12CCN(CC1)C(CN1CCCCS1(=O)=O)C2=O. The van der Waals surface area contributed by atoms with Crippen molar-refractivity contribution in [3.8, 4) is 0 Å². The summed E-state index contributed by atoms with van der Waals surface area (Å²) in [6, 6.07) is -0.208. The second-order valence-electron chi connectivity index (χ2n) is 6.36. The first-order valence-corrected chi connectivity index (χ1v) is 8.80. The van der Waals surface area contributed by atoms with E-state index in [4.69, 9.17) is 0 Å². The maximum atomic E-state index is 12.5. The number of fused-ring (bicyclic) bond motifs is 3. The summed E-state index contributed by atoms with van der Waals surface area (Å²) in [5.74, 6) is 0.497. The molecule has 108 valence electrons. The van der Waals surface area contributed by atoms with E-state index in [0.29, 0.717) is 13.1 Å². The van der Waals surface area contributed by atoms with E-state index >= 15 is 0 Å². The zero-order valence-electron chi connectivity index (χ0n) is 11.5. The van der Waals surface area contributed by atoms with Crippen LogP contribution >= 0.6 is 0 Å². The van der Waals surface area contributed by atoms with Gasteiger partial charge in [0.2, 0.25) is 10.0 Å². The lowest BCUT2D eigenvalue weighted by Crippen LogP contribution is -2.63. The number of Topliss-reactive ketones (excluding diaryl/α,β-unsaturated/α-hetero) is 1. The molecule has 0 saturated carbocycles. The van der Waals surface area contributed by atoms with Crippen molar-refractivity contribution in [3.05, 3.63) is 0 Å². The second kappa shape index (κ2) is 4.53. The Morgan fingerprint density at radius 2 is 1.89 bits per heavy atom. The molecule has 5 nitrogen and oxygen atoms in total. The van der Waals surface area contributed by atoms with Crippen LogP contribution in [0.4, 0.5) is 0 Å². The van der Waals surface area contributed by atoms with E-state index in [9.17, 15) is 13.2 Å². The third-order valence-electron chi connectivity index (χ3n) is 5.07. The van der Waals surface area contributed by atoms with E-state index in [0.717, 1.165) is 38.8 Å². The first kappa shape index (κ1) is 13.5. The van der Waals surface area contributed by atoms with E-state index in [1.54, 1.807) is 4.31 Å². The molecule has 0 aromatic rings. The van der Waals surface area contributed by atoms with E-state index in [1.807, 2.05) is 6.92 Å². The van der Waals surface area contributed by atoms with Gasteiger partial charge in [0.15, 0.2) is 5.78 Å². The number of nitrogens with zero attached hydrogens (tertiary/aromatic N) is 2. The summed E-state index contributed by atoms with van der Waals surface area (Å²) in [5.41, 5.74) is -0.209. The van der Waals surface area contributed by atoms with E-state index in [1.165, 1.54) is 0 Å². The van der Waals surface area contributed by atoms with Gasteiger partial charge in [0.1, 0.15) is 0 Å². The van der Waals surface area contributed by atoms with Gasteiger partial charge in [-0.15, -0.1) is 0 Å². The van der Waals surface area contributed by atoms with Crippen molar-refractivity contribution in [1.29, 1.82) is 0 Å². The Morgan fingerprint density at radius 1 is 1.21 bits per heavy atom. The second-order valence-corrected chi connectivity index (χ2v) is 8.45. The summed E-state index contributed by atoms with van der Waals surface area (Å²) in [4.78, 5) is 14.7. The molecule has 4 rings (SSSR count). The van der Waals surface area contributed by atoms with Crippen molar-refractivity contribution in [2.45, 2.75) is 38.6 Å². The molecule has 4 aliphatic heterocycles. The Bertz CT molecular complexity index is 480. The summed E-state index contributed by atoms with van der Waals surface area (Å²) in [7, 11) is -3.13. The first-order valence-electron chi connectivity index (χ1n) is 7.19. The largest absolute Gasteiger partial charge is 0.297 e. The van der Waals surface area contributed by atoms with Crippen LogP contribution in [-0.2, 0) is 14.8 Å². The molecule has 4 fully saturated rings. The molecule has 4 aliphatic rings. The Morgan fingerprint density at radius 3 is 2.53 bits per heavy atom. The minimum atomic E-state index is -3.13. The fraction of sp³-hybridized carbons (Fsp3) is 0.923. The minimum absolute atomic E-state index is 0.208. The van der Waals surface area contributed by atoms with Gasteiger partial charge in [-0.25, -0.2) is 8.42 Å². The molecule has 0 spiro atoms. The molecule has 0 aromatic carbocycles. The molecule has 2 bridgehead atoms. The smallest absolute Gasteiger partial charge is 0.214 e. The normalized spacial score (nSPS) is 42.5. The van der Waals surface area contributed by atoms with Crippen LogP contribution in [0, 0.1) is 5.41 Å². The zero-order chi connectivity index (χ0) is 13.7. The molecule has 0 amide bonds. The maximum absolute atomic E-state index is 12.5. The average molecular weight is 286 g/mol. The predicted octanol–water partition coefficient (Wildman–Crippen LogP) is 0.465. The van der Waals surface area contributed by atoms with Gasteiger partial charge >= 0.3 is 0 Å². The standard InChI is InChI=1S/C13H22N2O3S/c1-13-4-7-14(8-5-13)11(12(13)16)10-15-6-2-3-9-19(15,17)18/h11H,2-10H2,1H3. The summed E-state index contributed by atoms with van der Waals surface area (Å²) in [6.45, 7) is 4.86. The van der Waals surface area contributed by atoms with Crippen LogP contribution in [0.2, 0.25) is 0 Å². The van der Waals surface area contributed by atoms with Gasteiger partial charge in [-0.2, -0.15) is 4.31 Å². The summed E-state index contributed by atoms with van der Waals surface area (Å²) in [5, 5.41) is 0. The molecule has 6 heteroatoms.